The molecule has 0 bridgehead atoms. The molecule has 0 saturated carbocycles. The van der Waals surface area contributed by atoms with Gasteiger partial charge in [0.2, 0.25) is 0 Å². The van der Waals surface area contributed by atoms with E-state index in [1.807, 2.05) is 12.4 Å². The van der Waals surface area contributed by atoms with E-state index in [1.165, 1.54) is 24.3 Å². The highest BCUT2D eigenvalue weighted by molar-refractivity contribution is 5.87. The van der Waals surface area contributed by atoms with E-state index in [2.05, 4.69) is 6.58 Å². The first-order valence-electron chi connectivity index (χ1n) is 9.24. The van der Waals surface area contributed by atoms with Crippen molar-refractivity contribution >= 4 is 23.8 Å². The molecule has 1 aromatic rings. The number of hydroxylamine groups is 1. The number of hydrogen-bond acceptors (Lipinski definition) is 5. The normalized spacial score (nSPS) is 12.2. The summed E-state index contributed by atoms with van der Waals surface area (Å²) >= 11 is 0. The van der Waals surface area contributed by atoms with Crippen LogP contribution in [0.15, 0.2) is 60.7 Å². The summed E-state index contributed by atoms with van der Waals surface area (Å²) in [5.74, 6) is -4.42. The summed E-state index contributed by atoms with van der Waals surface area (Å²) in [6.45, 7) is 5.41. The van der Waals surface area contributed by atoms with E-state index in [1.54, 1.807) is 24.3 Å². The molecule has 8 nitrogen and oxygen atoms in total. The third kappa shape index (κ3) is 9.01. The predicted molar refractivity (Wildman–Crippen MR) is 109 cm³/mol. The van der Waals surface area contributed by atoms with Crippen LogP contribution in [0.4, 0.5) is 0 Å². The lowest BCUT2D eigenvalue weighted by molar-refractivity contribution is -0.157. The van der Waals surface area contributed by atoms with Gasteiger partial charge < -0.3 is 15.1 Å². The predicted octanol–water partition coefficient (Wildman–Crippen LogP) is 3.06. The van der Waals surface area contributed by atoms with Crippen LogP contribution in [0.2, 0.25) is 0 Å². The second-order valence-electron chi connectivity index (χ2n) is 6.43. The maximum atomic E-state index is 11.9. The van der Waals surface area contributed by atoms with Crippen molar-refractivity contribution in [3.63, 3.8) is 0 Å². The van der Waals surface area contributed by atoms with Gasteiger partial charge in [0.25, 0.3) is 5.91 Å². The number of carbonyl (C=O) groups excluding carboxylic acids is 2. The van der Waals surface area contributed by atoms with Crippen LogP contribution in [-0.4, -0.2) is 34.0 Å². The van der Waals surface area contributed by atoms with Crippen LogP contribution in [0.3, 0.4) is 0 Å². The molecular formula is C22H25NO7. The molecule has 160 valence electrons. The first-order chi connectivity index (χ1) is 14.3. The van der Waals surface area contributed by atoms with Crippen molar-refractivity contribution in [2.24, 2.45) is 5.92 Å². The molecule has 0 aliphatic heterocycles. The third-order valence-electron chi connectivity index (χ3n) is 4.12. The molecule has 1 amide bonds. The monoisotopic (exact) mass is 415 g/mol. The highest BCUT2D eigenvalue weighted by Gasteiger charge is 2.20. The van der Waals surface area contributed by atoms with E-state index < -0.39 is 29.7 Å². The first kappa shape index (κ1) is 24.4. The van der Waals surface area contributed by atoms with E-state index >= 15 is 0 Å². The molecule has 1 unspecified atom stereocenters. The van der Waals surface area contributed by atoms with Gasteiger partial charge in [-0.2, -0.15) is 5.48 Å². The molecule has 0 saturated heterocycles. The summed E-state index contributed by atoms with van der Waals surface area (Å²) in [5, 5.41) is 18.4. The van der Waals surface area contributed by atoms with E-state index in [9.17, 15) is 24.3 Å². The maximum absolute atomic E-state index is 11.9. The Bertz CT molecular complexity index is 855. The Morgan fingerprint density at radius 2 is 1.97 bits per heavy atom. The van der Waals surface area contributed by atoms with Crippen LogP contribution < -0.4 is 5.48 Å². The summed E-state index contributed by atoms with van der Waals surface area (Å²) in [6.07, 6.45) is 6.52. The van der Waals surface area contributed by atoms with Crippen LogP contribution in [0.25, 0.3) is 0 Å². The molecule has 0 fully saturated rings. The average molecular weight is 415 g/mol. The van der Waals surface area contributed by atoms with Crippen LogP contribution >= 0.6 is 0 Å². The van der Waals surface area contributed by atoms with Gasteiger partial charge in [-0.05, 0) is 43.0 Å². The Morgan fingerprint density at radius 1 is 1.23 bits per heavy atom. The number of nitrogens with one attached hydrogen (secondary N) is 1. The molecule has 0 aliphatic rings. The van der Waals surface area contributed by atoms with Crippen LogP contribution in [0.5, 0.6) is 0 Å². The number of carboxylic acids is 2. The van der Waals surface area contributed by atoms with Crippen molar-refractivity contribution < 1.29 is 34.2 Å². The molecule has 3 N–H and O–H groups in total. The minimum atomic E-state index is -1.11. The van der Waals surface area contributed by atoms with Gasteiger partial charge in [-0.1, -0.05) is 43.0 Å². The molecule has 30 heavy (non-hydrogen) atoms. The number of hydrogen-bond donors (Lipinski definition) is 3. The lowest BCUT2D eigenvalue weighted by Gasteiger charge is -2.13. The summed E-state index contributed by atoms with van der Waals surface area (Å²) in [5.41, 5.74) is 3.22. The van der Waals surface area contributed by atoms with Gasteiger partial charge in [0.1, 0.15) is 0 Å². The minimum absolute atomic E-state index is 0.00484. The highest BCUT2D eigenvalue weighted by Crippen LogP contribution is 2.16. The van der Waals surface area contributed by atoms with Crippen LogP contribution in [0.1, 0.15) is 42.1 Å². The number of amides is 1. The molecule has 1 atom stereocenters. The van der Waals surface area contributed by atoms with Crippen molar-refractivity contribution in [3.8, 4) is 0 Å². The number of aliphatic carboxylic acids is 1. The van der Waals surface area contributed by atoms with Crippen molar-refractivity contribution in [1.29, 1.82) is 0 Å². The molecule has 0 aliphatic carbocycles. The topological polar surface area (TPSA) is 130 Å². The average Bonchev–Trinajstić information content (AvgIpc) is 2.72. The maximum Gasteiger partial charge on any atom is 0.336 e. The number of carboxylic acid groups (broad SMARTS) is 2. The molecule has 0 aromatic heterocycles. The lowest BCUT2D eigenvalue weighted by atomic mass is 9.94. The van der Waals surface area contributed by atoms with E-state index in [4.69, 9.17) is 9.94 Å². The summed E-state index contributed by atoms with van der Waals surface area (Å²) in [6, 6.07) is 5.97. The summed E-state index contributed by atoms with van der Waals surface area (Å²) in [4.78, 5) is 50.9. The molecule has 0 radical (unpaired) electrons. The zero-order valence-electron chi connectivity index (χ0n) is 16.7. The standard InChI is InChI=1S/C22H25NO7/c1-3-5-7-15(4-2)14-20(25)30-23-19(24)11-10-18(22(28)29)13-16-8-6-9-17(12-16)21(26)27/h3-9,12,18H,2,10-11,13-14H2,1H3,(H,23,24)(H,26,27)(H,28,29)/b5-3-,15-7+. The smallest absolute Gasteiger partial charge is 0.336 e. The fraction of sp³-hybridized carbons (Fsp3) is 0.273. The van der Waals surface area contributed by atoms with Gasteiger partial charge in [0.15, 0.2) is 0 Å². The molecule has 1 aromatic carbocycles. The van der Waals surface area contributed by atoms with Crippen LogP contribution in [-0.2, 0) is 25.6 Å². The van der Waals surface area contributed by atoms with Gasteiger partial charge in [-0.3, -0.25) is 9.59 Å². The number of carbonyl (C=O) groups is 4. The summed E-state index contributed by atoms with van der Waals surface area (Å²) < 4.78 is 0. The van der Waals surface area contributed by atoms with Crippen molar-refractivity contribution in [3.05, 3.63) is 71.8 Å². The number of allylic oxidation sites excluding steroid dienone is 4. The zero-order chi connectivity index (χ0) is 22.5. The molecular weight excluding hydrogens is 390 g/mol. The van der Waals surface area contributed by atoms with Crippen LogP contribution in [0, 0.1) is 5.92 Å². The van der Waals surface area contributed by atoms with Crippen molar-refractivity contribution in [1.82, 2.24) is 5.48 Å². The Morgan fingerprint density at radius 3 is 2.57 bits per heavy atom. The zero-order valence-corrected chi connectivity index (χ0v) is 16.7. The fourth-order valence-corrected chi connectivity index (χ4v) is 2.52. The Labute approximate surface area is 174 Å². The number of aromatic carboxylic acids is 1. The Kier molecular flexibility index (Phi) is 10.3. The Hall–Kier alpha value is -3.68. The van der Waals surface area contributed by atoms with E-state index in [-0.39, 0.29) is 31.2 Å². The second kappa shape index (κ2) is 12.7. The van der Waals surface area contributed by atoms with Crippen molar-refractivity contribution in [2.45, 2.75) is 32.6 Å². The van der Waals surface area contributed by atoms with Gasteiger partial charge in [0, 0.05) is 6.42 Å². The molecule has 8 heteroatoms. The second-order valence-corrected chi connectivity index (χ2v) is 6.43. The van der Waals surface area contributed by atoms with Crippen molar-refractivity contribution in [2.75, 3.05) is 0 Å². The van der Waals surface area contributed by atoms with Gasteiger partial charge >= 0.3 is 17.9 Å². The van der Waals surface area contributed by atoms with Gasteiger partial charge in [0.05, 0.1) is 17.9 Å². The SMILES string of the molecule is C=C/C(=C\C=C/C)CC(=O)ONC(=O)CCC(Cc1cccc(C(=O)O)c1)C(=O)O. The fourth-order valence-electron chi connectivity index (χ4n) is 2.52. The summed E-state index contributed by atoms with van der Waals surface area (Å²) in [7, 11) is 0. The number of benzene rings is 1. The Balaban J connectivity index is 2.55. The highest BCUT2D eigenvalue weighted by atomic mass is 16.7. The lowest BCUT2D eigenvalue weighted by Crippen LogP contribution is -2.28. The molecule has 0 spiro atoms. The molecule has 1 rings (SSSR count). The largest absolute Gasteiger partial charge is 0.481 e. The number of rotatable bonds is 11. The van der Waals surface area contributed by atoms with E-state index in [0.29, 0.717) is 11.1 Å². The van der Waals surface area contributed by atoms with Gasteiger partial charge in [-0.15, -0.1) is 0 Å². The third-order valence-corrected chi connectivity index (χ3v) is 4.12. The van der Waals surface area contributed by atoms with Gasteiger partial charge in [-0.25, -0.2) is 9.59 Å². The first-order valence-corrected chi connectivity index (χ1v) is 9.24. The minimum Gasteiger partial charge on any atom is -0.481 e. The molecule has 0 heterocycles. The quantitative estimate of drug-likeness (QED) is 0.374. The van der Waals surface area contributed by atoms with E-state index in [0.717, 1.165) is 0 Å².